The fourth-order valence-electron chi connectivity index (χ4n) is 1.05. The molecule has 0 radical (unpaired) electrons. The first-order chi connectivity index (χ1) is 7.71. The van der Waals surface area contributed by atoms with Crippen LogP contribution in [0.1, 0.15) is 18.6 Å². The number of hydrogen-bond donors (Lipinski definition) is 1. The van der Waals surface area contributed by atoms with E-state index in [1.807, 2.05) is 0 Å². The summed E-state index contributed by atoms with van der Waals surface area (Å²) in [6.07, 6.45) is -3.93. The number of hydrogen-bond acceptors (Lipinski definition) is 5. The number of ether oxygens (including phenoxy) is 1. The van der Waals surface area contributed by atoms with E-state index in [1.165, 1.54) is 14.0 Å². The largest absolute Gasteiger partial charge is 0.383 e. The zero-order valence-electron chi connectivity index (χ0n) is 9.08. The second-order valence-corrected chi connectivity index (χ2v) is 3.70. The normalized spacial score (nSPS) is 16.2. The van der Waals surface area contributed by atoms with Gasteiger partial charge in [0, 0.05) is 7.11 Å². The van der Waals surface area contributed by atoms with Crippen molar-refractivity contribution in [1.82, 2.24) is 10.1 Å². The van der Waals surface area contributed by atoms with E-state index in [9.17, 15) is 17.6 Å². The minimum Gasteiger partial charge on any atom is -0.382 e. The Morgan fingerprint density at radius 3 is 2.53 bits per heavy atom. The summed E-state index contributed by atoms with van der Waals surface area (Å²) in [6.45, 7) is 1.32. The maximum Gasteiger partial charge on any atom is 0.383 e. The lowest BCUT2D eigenvalue weighted by Crippen LogP contribution is -2.39. The van der Waals surface area contributed by atoms with Gasteiger partial charge in [-0.3, -0.25) is 0 Å². The van der Waals surface area contributed by atoms with Gasteiger partial charge in [0.25, 0.3) is 0 Å². The molecule has 0 fully saturated rings. The van der Waals surface area contributed by atoms with Gasteiger partial charge >= 0.3 is 18.2 Å². The summed E-state index contributed by atoms with van der Waals surface area (Å²) in [6, 6.07) is 0. The van der Waals surface area contributed by atoms with Gasteiger partial charge in [0.05, 0.1) is 6.61 Å². The molecule has 0 saturated carbocycles. The smallest absolute Gasteiger partial charge is 0.382 e. The number of rotatable bonds is 5. The molecule has 0 aliphatic carbocycles. The van der Waals surface area contributed by atoms with Crippen molar-refractivity contribution in [2.75, 3.05) is 13.7 Å². The summed E-state index contributed by atoms with van der Waals surface area (Å²) in [4.78, 5) is 3.18. The fourth-order valence-corrected chi connectivity index (χ4v) is 1.05. The average molecular weight is 257 g/mol. The molecule has 1 aromatic heterocycles. The van der Waals surface area contributed by atoms with Gasteiger partial charge in [0.1, 0.15) is 5.54 Å². The number of halogens is 4. The van der Waals surface area contributed by atoms with Crippen molar-refractivity contribution in [3.8, 4) is 0 Å². The van der Waals surface area contributed by atoms with Gasteiger partial charge in [-0.25, -0.2) is 8.78 Å². The van der Waals surface area contributed by atoms with Gasteiger partial charge < -0.3 is 15.0 Å². The molecule has 17 heavy (non-hydrogen) atoms. The minimum absolute atomic E-state index is 0.0772. The highest BCUT2D eigenvalue weighted by molar-refractivity contribution is 5.04. The quantitative estimate of drug-likeness (QED) is 0.803. The predicted molar refractivity (Wildman–Crippen MR) is 47.6 cm³/mol. The Labute approximate surface area is 93.9 Å². The topological polar surface area (TPSA) is 74.2 Å². The number of methoxy groups -OCH3 is 1. The standard InChI is InChI=1S/C8H11F4N3O2/c1-7(13,3-16-2)5-14-6(17-15-5)8(11,12)4(9)10/h4H,3,13H2,1-2H3. The van der Waals surface area contributed by atoms with Crippen LogP contribution in [0.2, 0.25) is 0 Å². The Hall–Kier alpha value is -1.22. The Balaban J connectivity index is 3.00. The Morgan fingerprint density at radius 1 is 1.47 bits per heavy atom. The molecule has 1 unspecified atom stereocenters. The lowest BCUT2D eigenvalue weighted by molar-refractivity contribution is -0.152. The van der Waals surface area contributed by atoms with Crippen LogP contribution in [0, 0.1) is 0 Å². The fraction of sp³-hybridized carbons (Fsp3) is 0.750. The van der Waals surface area contributed by atoms with Crippen LogP contribution in [-0.2, 0) is 16.2 Å². The summed E-state index contributed by atoms with van der Waals surface area (Å²) >= 11 is 0. The molecule has 0 aromatic carbocycles. The SMILES string of the molecule is COCC(C)(N)c1noc(C(F)(F)C(F)F)n1. The molecule has 0 spiro atoms. The maximum absolute atomic E-state index is 12.8. The zero-order valence-corrected chi connectivity index (χ0v) is 9.08. The van der Waals surface area contributed by atoms with Crippen molar-refractivity contribution in [1.29, 1.82) is 0 Å². The third-order valence-corrected chi connectivity index (χ3v) is 1.94. The molecule has 0 amide bonds. The summed E-state index contributed by atoms with van der Waals surface area (Å²) in [5.74, 6) is -6.28. The highest BCUT2D eigenvalue weighted by atomic mass is 19.3. The third kappa shape index (κ3) is 2.72. The molecular weight excluding hydrogens is 246 g/mol. The summed E-state index contributed by atoms with van der Waals surface area (Å²) in [7, 11) is 1.33. The van der Waals surface area contributed by atoms with Crippen molar-refractivity contribution >= 4 is 0 Å². The molecule has 0 aliphatic heterocycles. The first-order valence-electron chi connectivity index (χ1n) is 4.50. The third-order valence-electron chi connectivity index (χ3n) is 1.94. The van der Waals surface area contributed by atoms with Crippen LogP contribution in [0.4, 0.5) is 17.6 Å². The summed E-state index contributed by atoms with van der Waals surface area (Å²) < 4.78 is 58.5. The van der Waals surface area contributed by atoms with E-state index < -0.39 is 23.8 Å². The lowest BCUT2D eigenvalue weighted by atomic mass is 10.1. The van der Waals surface area contributed by atoms with Gasteiger partial charge in [-0.05, 0) is 6.92 Å². The monoisotopic (exact) mass is 257 g/mol. The molecule has 0 saturated heterocycles. The Kier molecular flexibility index (Phi) is 3.72. The molecular formula is C8H11F4N3O2. The molecule has 9 heteroatoms. The van der Waals surface area contributed by atoms with Crippen LogP contribution in [0.3, 0.4) is 0 Å². The van der Waals surface area contributed by atoms with Crippen molar-refractivity contribution < 1.29 is 26.8 Å². The van der Waals surface area contributed by atoms with Crippen LogP contribution >= 0.6 is 0 Å². The molecule has 5 nitrogen and oxygen atoms in total. The molecule has 98 valence electrons. The van der Waals surface area contributed by atoms with Gasteiger partial charge in [0.2, 0.25) is 0 Å². The van der Waals surface area contributed by atoms with Crippen LogP contribution in [0.25, 0.3) is 0 Å². The van der Waals surface area contributed by atoms with Gasteiger partial charge in [-0.1, -0.05) is 5.16 Å². The Morgan fingerprint density at radius 2 is 2.06 bits per heavy atom. The highest BCUT2D eigenvalue weighted by Crippen LogP contribution is 2.33. The summed E-state index contributed by atoms with van der Waals surface area (Å²) in [5.41, 5.74) is 4.34. The number of nitrogens with two attached hydrogens (primary N) is 1. The molecule has 0 aliphatic rings. The number of nitrogens with zero attached hydrogens (tertiary/aromatic N) is 2. The van der Waals surface area contributed by atoms with Gasteiger partial charge in [0.15, 0.2) is 5.82 Å². The molecule has 1 atom stereocenters. The summed E-state index contributed by atoms with van der Waals surface area (Å²) in [5, 5.41) is 3.15. The van der Waals surface area contributed by atoms with E-state index in [0.717, 1.165) is 0 Å². The molecule has 1 rings (SSSR count). The zero-order chi connectivity index (χ0) is 13.3. The lowest BCUT2D eigenvalue weighted by Gasteiger charge is -2.18. The number of aromatic nitrogens is 2. The van der Waals surface area contributed by atoms with Gasteiger partial charge in [-0.15, -0.1) is 0 Å². The van der Waals surface area contributed by atoms with E-state index in [1.54, 1.807) is 0 Å². The Bertz CT molecular complexity index is 381. The van der Waals surface area contributed by atoms with Crippen LogP contribution in [-0.4, -0.2) is 30.3 Å². The minimum atomic E-state index is -4.49. The second kappa shape index (κ2) is 4.57. The van der Waals surface area contributed by atoms with E-state index in [-0.39, 0.29) is 12.4 Å². The van der Waals surface area contributed by atoms with Gasteiger partial charge in [-0.2, -0.15) is 13.8 Å². The van der Waals surface area contributed by atoms with Crippen LogP contribution < -0.4 is 5.73 Å². The van der Waals surface area contributed by atoms with Crippen molar-refractivity contribution in [2.45, 2.75) is 24.8 Å². The first-order valence-corrected chi connectivity index (χ1v) is 4.50. The van der Waals surface area contributed by atoms with Crippen molar-refractivity contribution in [3.05, 3.63) is 11.7 Å². The highest BCUT2D eigenvalue weighted by Gasteiger charge is 2.49. The van der Waals surface area contributed by atoms with E-state index in [4.69, 9.17) is 10.5 Å². The first kappa shape index (κ1) is 13.8. The van der Waals surface area contributed by atoms with Crippen molar-refractivity contribution in [2.24, 2.45) is 5.73 Å². The predicted octanol–water partition coefficient (Wildman–Crippen LogP) is 1.25. The molecule has 1 heterocycles. The molecule has 1 aromatic rings. The average Bonchev–Trinajstić information content (AvgIpc) is 2.66. The molecule has 2 N–H and O–H groups in total. The van der Waals surface area contributed by atoms with E-state index >= 15 is 0 Å². The van der Waals surface area contributed by atoms with Crippen LogP contribution in [0.15, 0.2) is 4.52 Å². The van der Waals surface area contributed by atoms with E-state index in [2.05, 4.69) is 14.7 Å². The number of alkyl halides is 4. The van der Waals surface area contributed by atoms with Crippen LogP contribution in [0.5, 0.6) is 0 Å². The maximum atomic E-state index is 12.8. The van der Waals surface area contributed by atoms with Crippen molar-refractivity contribution in [3.63, 3.8) is 0 Å². The van der Waals surface area contributed by atoms with E-state index in [0.29, 0.717) is 0 Å². The second-order valence-electron chi connectivity index (χ2n) is 3.70. The molecule has 0 bridgehead atoms.